The summed E-state index contributed by atoms with van der Waals surface area (Å²) in [6, 6.07) is 8.37. The summed E-state index contributed by atoms with van der Waals surface area (Å²) in [6.45, 7) is 3.38. The number of nitrogens with zero attached hydrogens (tertiary/aromatic N) is 2. The third-order valence-corrected chi connectivity index (χ3v) is 5.60. The number of carbonyl (C=O) groups is 1. The molecule has 1 N–H and O–H groups in total. The summed E-state index contributed by atoms with van der Waals surface area (Å²) in [7, 11) is 1.67. The van der Waals surface area contributed by atoms with Crippen LogP contribution >= 0.6 is 0 Å². The Morgan fingerprint density at radius 2 is 1.88 bits per heavy atom. The predicted molar refractivity (Wildman–Crippen MR) is 97.7 cm³/mol. The molecule has 1 aromatic carbocycles. The quantitative estimate of drug-likeness (QED) is 0.857. The molecule has 0 radical (unpaired) electrons. The molecule has 0 bridgehead atoms. The van der Waals surface area contributed by atoms with Gasteiger partial charge in [0.1, 0.15) is 5.75 Å². The standard InChI is InChI=1S/C20H30N2O3/c1-25-17-10-8-16(9-11-17)4-2-7-20(24)22-14-12-21(13-15-22)18-5-3-6-19(18)23/h8-11,18-19,23H,2-7,12-15H2,1H3/t18-,19-/m1/s1. The van der Waals surface area contributed by atoms with Gasteiger partial charge in [-0.15, -0.1) is 0 Å². The van der Waals surface area contributed by atoms with Crippen LogP contribution in [0.5, 0.6) is 5.75 Å². The fourth-order valence-corrected chi connectivity index (χ4v) is 4.04. The van der Waals surface area contributed by atoms with E-state index in [2.05, 4.69) is 17.0 Å². The van der Waals surface area contributed by atoms with Crippen molar-refractivity contribution in [2.24, 2.45) is 0 Å². The van der Waals surface area contributed by atoms with Gasteiger partial charge in [0.05, 0.1) is 13.2 Å². The van der Waals surface area contributed by atoms with Crippen molar-refractivity contribution in [3.63, 3.8) is 0 Å². The Morgan fingerprint density at radius 1 is 1.16 bits per heavy atom. The van der Waals surface area contributed by atoms with Gasteiger partial charge in [-0.25, -0.2) is 0 Å². The van der Waals surface area contributed by atoms with Gasteiger partial charge in [-0.05, 0) is 49.8 Å². The summed E-state index contributed by atoms with van der Waals surface area (Å²) in [5.41, 5.74) is 1.24. The fraction of sp³-hybridized carbons (Fsp3) is 0.650. The topological polar surface area (TPSA) is 53.0 Å². The molecular formula is C20H30N2O3. The third-order valence-electron chi connectivity index (χ3n) is 5.60. The minimum Gasteiger partial charge on any atom is -0.497 e. The van der Waals surface area contributed by atoms with Crippen LogP contribution in [0.25, 0.3) is 0 Å². The van der Waals surface area contributed by atoms with E-state index in [1.54, 1.807) is 7.11 Å². The number of methoxy groups -OCH3 is 1. The van der Waals surface area contributed by atoms with Crippen LogP contribution in [-0.4, -0.2) is 66.2 Å². The smallest absolute Gasteiger partial charge is 0.222 e. The zero-order valence-corrected chi connectivity index (χ0v) is 15.2. The summed E-state index contributed by atoms with van der Waals surface area (Å²) in [5, 5.41) is 10.0. The molecule has 5 nitrogen and oxygen atoms in total. The van der Waals surface area contributed by atoms with Crippen molar-refractivity contribution in [3.8, 4) is 5.75 Å². The fourth-order valence-electron chi connectivity index (χ4n) is 4.04. The van der Waals surface area contributed by atoms with E-state index < -0.39 is 0 Å². The first kappa shape index (κ1) is 18.2. The Hall–Kier alpha value is -1.59. The number of ether oxygens (including phenoxy) is 1. The predicted octanol–water partition coefficient (Wildman–Crippen LogP) is 2.08. The zero-order valence-electron chi connectivity index (χ0n) is 15.2. The van der Waals surface area contributed by atoms with Gasteiger partial charge in [-0.2, -0.15) is 0 Å². The molecular weight excluding hydrogens is 316 g/mol. The number of carbonyl (C=O) groups excluding carboxylic acids is 1. The third kappa shape index (κ3) is 4.73. The lowest BCUT2D eigenvalue weighted by molar-refractivity contribution is -0.133. The molecule has 1 saturated heterocycles. The Balaban J connectivity index is 1.37. The van der Waals surface area contributed by atoms with Crippen LogP contribution in [0.3, 0.4) is 0 Å². The highest BCUT2D eigenvalue weighted by Crippen LogP contribution is 2.25. The number of hydrogen-bond acceptors (Lipinski definition) is 4. The summed E-state index contributed by atoms with van der Waals surface area (Å²) >= 11 is 0. The maximum Gasteiger partial charge on any atom is 0.222 e. The first-order chi connectivity index (χ1) is 12.2. The molecule has 1 aliphatic carbocycles. The highest BCUT2D eigenvalue weighted by atomic mass is 16.5. The van der Waals surface area contributed by atoms with Gasteiger partial charge >= 0.3 is 0 Å². The molecule has 2 atom stereocenters. The van der Waals surface area contributed by atoms with E-state index >= 15 is 0 Å². The molecule has 0 aromatic heterocycles. The van der Waals surface area contributed by atoms with Crippen LogP contribution in [0.1, 0.15) is 37.7 Å². The van der Waals surface area contributed by atoms with Crippen LogP contribution in [0.2, 0.25) is 0 Å². The van der Waals surface area contributed by atoms with E-state index in [9.17, 15) is 9.90 Å². The average Bonchev–Trinajstić information content (AvgIpc) is 3.08. The monoisotopic (exact) mass is 346 g/mol. The lowest BCUT2D eigenvalue weighted by Gasteiger charge is -2.39. The second kappa shape index (κ2) is 8.68. The number of benzene rings is 1. The van der Waals surface area contributed by atoms with Crippen LogP contribution in [0, 0.1) is 0 Å². The van der Waals surface area contributed by atoms with Crippen LogP contribution < -0.4 is 4.74 Å². The van der Waals surface area contributed by atoms with Gasteiger partial charge < -0.3 is 14.7 Å². The molecule has 1 amide bonds. The highest BCUT2D eigenvalue weighted by Gasteiger charge is 2.33. The van der Waals surface area contributed by atoms with E-state index in [0.29, 0.717) is 12.5 Å². The molecule has 5 heteroatoms. The van der Waals surface area contributed by atoms with Gasteiger partial charge in [0.25, 0.3) is 0 Å². The van der Waals surface area contributed by atoms with Crippen molar-refractivity contribution < 1.29 is 14.6 Å². The molecule has 138 valence electrons. The van der Waals surface area contributed by atoms with Crippen LogP contribution in [-0.2, 0) is 11.2 Å². The van der Waals surface area contributed by atoms with Gasteiger partial charge in [0.2, 0.25) is 5.91 Å². The Bertz CT molecular complexity index is 553. The number of aliphatic hydroxyl groups excluding tert-OH is 1. The van der Waals surface area contributed by atoms with Crippen molar-refractivity contribution >= 4 is 5.91 Å². The van der Waals surface area contributed by atoms with Crippen molar-refractivity contribution in [1.29, 1.82) is 0 Å². The Labute approximate surface area is 150 Å². The van der Waals surface area contributed by atoms with E-state index in [1.165, 1.54) is 5.56 Å². The number of piperazine rings is 1. The average molecular weight is 346 g/mol. The van der Waals surface area contributed by atoms with E-state index in [0.717, 1.165) is 64.0 Å². The Morgan fingerprint density at radius 3 is 2.48 bits per heavy atom. The normalized spacial score (nSPS) is 24.5. The van der Waals surface area contributed by atoms with Gasteiger partial charge in [0.15, 0.2) is 0 Å². The molecule has 0 spiro atoms. The molecule has 25 heavy (non-hydrogen) atoms. The summed E-state index contributed by atoms with van der Waals surface area (Å²) in [6.07, 6.45) is 5.38. The number of hydrogen-bond donors (Lipinski definition) is 1. The minimum absolute atomic E-state index is 0.174. The Kier molecular flexibility index (Phi) is 6.32. The van der Waals surface area contributed by atoms with Crippen LogP contribution in [0.4, 0.5) is 0 Å². The number of amides is 1. The second-order valence-electron chi connectivity index (χ2n) is 7.18. The van der Waals surface area contributed by atoms with Crippen molar-refractivity contribution in [2.45, 2.75) is 50.7 Å². The van der Waals surface area contributed by atoms with E-state index in [1.807, 2.05) is 17.0 Å². The van der Waals surface area contributed by atoms with Crippen molar-refractivity contribution in [2.75, 3.05) is 33.3 Å². The van der Waals surface area contributed by atoms with Gasteiger partial charge in [-0.1, -0.05) is 12.1 Å². The van der Waals surface area contributed by atoms with E-state index in [4.69, 9.17) is 4.74 Å². The summed E-state index contributed by atoms with van der Waals surface area (Å²) < 4.78 is 5.16. The number of rotatable bonds is 6. The molecule has 2 aliphatic rings. The summed E-state index contributed by atoms with van der Waals surface area (Å²) in [4.78, 5) is 16.8. The molecule has 1 saturated carbocycles. The SMILES string of the molecule is COc1ccc(CCCC(=O)N2CCN([C@@H]3CCC[C@H]3O)CC2)cc1. The lowest BCUT2D eigenvalue weighted by atomic mass is 10.1. The highest BCUT2D eigenvalue weighted by molar-refractivity contribution is 5.76. The van der Waals surface area contributed by atoms with Crippen molar-refractivity contribution in [3.05, 3.63) is 29.8 Å². The van der Waals surface area contributed by atoms with E-state index in [-0.39, 0.29) is 12.0 Å². The lowest BCUT2D eigenvalue weighted by Crippen LogP contribution is -2.53. The summed E-state index contributed by atoms with van der Waals surface area (Å²) in [5.74, 6) is 1.13. The van der Waals surface area contributed by atoms with Crippen molar-refractivity contribution in [1.82, 2.24) is 9.80 Å². The largest absolute Gasteiger partial charge is 0.497 e. The second-order valence-corrected chi connectivity index (χ2v) is 7.18. The first-order valence-corrected chi connectivity index (χ1v) is 9.50. The molecule has 1 heterocycles. The molecule has 3 rings (SSSR count). The maximum atomic E-state index is 12.4. The number of aliphatic hydroxyl groups is 1. The maximum absolute atomic E-state index is 12.4. The molecule has 1 aromatic rings. The molecule has 1 aliphatic heterocycles. The molecule has 2 fully saturated rings. The molecule has 0 unspecified atom stereocenters. The minimum atomic E-state index is -0.174. The number of aryl methyl sites for hydroxylation is 1. The van der Waals surface area contributed by atoms with Crippen LogP contribution in [0.15, 0.2) is 24.3 Å². The van der Waals surface area contributed by atoms with Gasteiger partial charge in [0, 0.05) is 38.6 Å². The first-order valence-electron chi connectivity index (χ1n) is 9.50. The zero-order chi connectivity index (χ0) is 17.6. The van der Waals surface area contributed by atoms with Gasteiger partial charge in [-0.3, -0.25) is 9.69 Å².